The van der Waals surface area contributed by atoms with E-state index in [0.29, 0.717) is 19.3 Å². The van der Waals surface area contributed by atoms with Crippen LogP contribution in [0.2, 0.25) is 0 Å². The van der Waals surface area contributed by atoms with Crippen molar-refractivity contribution >= 4 is 17.9 Å². The zero-order valence-corrected chi connectivity index (χ0v) is 53.7. The Labute approximate surface area is 507 Å². The van der Waals surface area contributed by atoms with E-state index >= 15 is 0 Å². The second-order valence-corrected chi connectivity index (χ2v) is 22.7. The number of hydrogen-bond donors (Lipinski definition) is 0. The number of allylic oxidation sites excluding steroid dienone is 20. The van der Waals surface area contributed by atoms with Crippen molar-refractivity contribution in [1.29, 1.82) is 0 Å². The van der Waals surface area contributed by atoms with Crippen LogP contribution in [-0.2, 0) is 28.6 Å². The van der Waals surface area contributed by atoms with E-state index in [1.807, 2.05) is 0 Å². The molecular formula is C76H128O6. The highest BCUT2D eigenvalue weighted by Crippen LogP contribution is 2.17. The van der Waals surface area contributed by atoms with Gasteiger partial charge in [-0.1, -0.05) is 316 Å². The van der Waals surface area contributed by atoms with Gasteiger partial charge < -0.3 is 14.2 Å². The van der Waals surface area contributed by atoms with Crippen molar-refractivity contribution in [3.63, 3.8) is 0 Å². The largest absolute Gasteiger partial charge is 0.462 e. The molecule has 0 aliphatic heterocycles. The minimum absolute atomic E-state index is 0.0839. The summed E-state index contributed by atoms with van der Waals surface area (Å²) in [6.07, 6.45) is 96.5. The molecule has 0 aliphatic carbocycles. The smallest absolute Gasteiger partial charge is 0.306 e. The summed E-state index contributed by atoms with van der Waals surface area (Å²) in [5.74, 6) is -0.892. The van der Waals surface area contributed by atoms with Crippen molar-refractivity contribution < 1.29 is 28.6 Å². The maximum atomic E-state index is 12.9. The van der Waals surface area contributed by atoms with Gasteiger partial charge in [0.05, 0.1) is 0 Å². The molecule has 0 aromatic carbocycles. The summed E-state index contributed by atoms with van der Waals surface area (Å²) >= 11 is 0. The lowest BCUT2D eigenvalue weighted by molar-refractivity contribution is -0.167. The minimum atomic E-state index is -0.790. The molecule has 0 rings (SSSR count). The molecule has 0 radical (unpaired) electrons. The van der Waals surface area contributed by atoms with Gasteiger partial charge in [-0.25, -0.2) is 0 Å². The average molecular weight is 1140 g/mol. The SMILES string of the molecule is CC/C=C\C/C=C\C/C=C\C/C=C\C/C=C\CCCCCCCCCCCCCCCCCC(=O)OCC(COC(=O)CCCCCCCCCCCCCC)OC(=O)CCCCCCC/C=C\C/C=C\C/C=C\C/C=C\C/C=C\CC. The van der Waals surface area contributed by atoms with E-state index < -0.39 is 6.10 Å². The molecule has 0 aliphatic rings. The third-order valence-electron chi connectivity index (χ3n) is 14.7. The summed E-state index contributed by atoms with van der Waals surface area (Å²) in [7, 11) is 0. The highest BCUT2D eigenvalue weighted by atomic mass is 16.6. The van der Waals surface area contributed by atoms with E-state index in [1.165, 1.54) is 141 Å². The monoisotopic (exact) mass is 1140 g/mol. The van der Waals surface area contributed by atoms with Crippen molar-refractivity contribution in [2.24, 2.45) is 0 Å². The topological polar surface area (TPSA) is 78.9 Å². The van der Waals surface area contributed by atoms with E-state index in [-0.39, 0.29) is 31.1 Å². The fourth-order valence-corrected chi connectivity index (χ4v) is 9.62. The van der Waals surface area contributed by atoms with Crippen LogP contribution in [0.5, 0.6) is 0 Å². The number of esters is 3. The highest BCUT2D eigenvalue weighted by Gasteiger charge is 2.19. The van der Waals surface area contributed by atoms with Crippen LogP contribution >= 0.6 is 0 Å². The van der Waals surface area contributed by atoms with Gasteiger partial charge in [-0.2, -0.15) is 0 Å². The van der Waals surface area contributed by atoms with Gasteiger partial charge in [0.15, 0.2) is 6.10 Å². The molecule has 0 heterocycles. The quantitative estimate of drug-likeness (QED) is 0.0261. The first-order chi connectivity index (χ1) is 40.5. The molecule has 1 atom stereocenters. The first-order valence-corrected chi connectivity index (χ1v) is 34.5. The van der Waals surface area contributed by atoms with Gasteiger partial charge in [0, 0.05) is 19.3 Å². The predicted molar refractivity (Wildman–Crippen MR) is 357 cm³/mol. The number of carbonyl (C=O) groups excluding carboxylic acids is 3. The molecule has 0 amide bonds. The molecule has 0 N–H and O–H groups in total. The van der Waals surface area contributed by atoms with Gasteiger partial charge in [-0.15, -0.1) is 0 Å². The highest BCUT2D eigenvalue weighted by molar-refractivity contribution is 5.71. The Morgan fingerprint density at radius 1 is 0.256 bits per heavy atom. The van der Waals surface area contributed by atoms with Gasteiger partial charge >= 0.3 is 17.9 Å². The van der Waals surface area contributed by atoms with Gasteiger partial charge in [-0.3, -0.25) is 14.4 Å². The van der Waals surface area contributed by atoms with Gasteiger partial charge in [0.25, 0.3) is 0 Å². The van der Waals surface area contributed by atoms with Crippen LogP contribution in [0.3, 0.4) is 0 Å². The maximum Gasteiger partial charge on any atom is 0.306 e. The Bertz CT molecular complexity index is 1690. The van der Waals surface area contributed by atoms with Crippen molar-refractivity contribution in [2.75, 3.05) is 13.2 Å². The zero-order chi connectivity index (χ0) is 59.2. The van der Waals surface area contributed by atoms with Crippen molar-refractivity contribution in [2.45, 2.75) is 329 Å². The molecule has 0 bridgehead atoms. The molecule has 0 spiro atoms. The molecule has 0 aromatic rings. The van der Waals surface area contributed by atoms with Crippen LogP contribution in [0.25, 0.3) is 0 Å². The van der Waals surface area contributed by atoms with Crippen molar-refractivity contribution in [1.82, 2.24) is 0 Å². The normalized spacial score (nSPS) is 12.9. The molecule has 0 saturated heterocycles. The van der Waals surface area contributed by atoms with E-state index in [4.69, 9.17) is 14.2 Å². The van der Waals surface area contributed by atoms with Crippen LogP contribution in [0, 0.1) is 0 Å². The maximum absolute atomic E-state index is 12.9. The molecular weight excluding hydrogens is 1010 g/mol. The average Bonchev–Trinajstić information content (AvgIpc) is 3.47. The Morgan fingerprint density at radius 2 is 0.476 bits per heavy atom. The van der Waals surface area contributed by atoms with Crippen LogP contribution < -0.4 is 0 Å². The van der Waals surface area contributed by atoms with E-state index in [9.17, 15) is 14.4 Å². The third-order valence-corrected chi connectivity index (χ3v) is 14.7. The van der Waals surface area contributed by atoms with Gasteiger partial charge in [0.1, 0.15) is 13.2 Å². The summed E-state index contributed by atoms with van der Waals surface area (Å²) < 4.78 is 16.9. The summed E-state index contributed by atoms with van der Waals surface area (Å²) in [4.78, 5) is 38.4. The van der Waals surface area contributed by atoms with E-state index in [1.54, 1.807) is 0 Å². The second-order valence-electron chi connectivity index (χ2n) is 22.7. The molecule has 0 fully saturated rings. The van der Waals surface area contributed by atoms with E-state index in [2.05, 4.69) is 142 Å². The van der Waals surface area contributed by atoms with Gasteiger partial charge in [0.2, 0.25) is 0 Å². The molecule has 0 aromatic heterocycles. The Balaban J connectivity index is 4.26. The molecule has 468 valence electrons. The molecule has 1 unspecified atom stereocenters. The second kappa shape index (κ2) is 69.3. The summed E-state index contributed by atoms with van der Waals surface area (Å²) in [6.45, 7) is 6.42. The molecule has 6 heteroatoms. The molecule has 6 nitrogen and oxygen atoms in total. The zero-order valence-electron chi connectivity index (χ0n) is 53.7. The lowest BCUT2D eigenvalue weighted by Gasteiger charge is -2.18. The third kappa shape index (κ3) is 66.6. The molecule has 82 heavy (non-hydrogen) atoms. The van der Waals surface area contributed by atoms with Crippen LogP contribution in [0.4, 0.5) is 0 Å². The number of ether oxygens (including phenoxy) is 3. The Kier molecular flexibility index (Phi) is 65.8. The first kappa shape index (κ1) is 77.8. The van der Waals surface area contributed by atoms with Crippen molar-refractivity contribution in [3.8, 4) is 0 Å². The summed E-state index contributed by atoms with van der Waals surface area (Å²) in [5.41, 5.74) is 0. The Morgan fingerprint density at radius 3 is 0.744 bits per heavy atom. The fourth-order valence-electron chi connectivity index (χ4n) is 9.62. The van der Waals surface area contributed by atoms with E-state index in [0.717, 1.165) is 141 Å². The molecule has 0 saturated carbocycles. The number of rotatable bonds is 62. The summed E-state index contributed by atoms with van der Waals surface area (Å²) in [5, 5.41) is 0. The minimum Gasteiger partial charge on any atom is -0.462 e. The number of unbranched alkanes of at least 4 members (excludes halogenated alkanes) is 31. The summed E-state index contributed by atoms with van der Waals surface area (Å²) in [6, 6.07) is 0. The predicted octanol–water partition coefficient (Wildman–Crippen LogP) is 23.9. The standard InChI is InChI=1S/C76H128O6/c1-4-7-10-13-16-19-22-25-27-29-31-33-34-35-36-37-38-39-40-41-42-44-45-47-49-51-54-57-60-63-66-69-75(78)81-72-73(71-80-74(77)68-65-62-59-56-53-24-21-18-15-12-9-6-3)82-76(79)70-67-64-61-58-55-52-50-48-46-43-32-30-28-26-23-20-17-14-11-8-5-2/h7-8,10-11,16-17,19-20,25-28,31-33,35-36,43,48,50,73H,4-6,9,12-15,18,21-24,29-30,34,37-42,44-47,49,51-72H2,1-3H3/b10-7-,11-8-,19-16-,20-17-,27-25-,28-26-,33-31-,36-35-,43-32-,50-48-. The Hall–Kier alpha value is -4.19. The van der Waals surface area contributed by atoms with Gasteiger partial charge in [-0.05, 0) is 109 Å². The van der Waals surface area contributed by atoms with Crippen LogP contribution in [0.15, 0.2) is 122 Å². The van der Waals surface area contributed by atoms with Crippen LogP contribution in [-0.4, -0.2) is 37.2 Å². The number of hydrogen-bond acceptors (Lipinski definition) is 6. The first-order valence-electron chi connectivity index (χ1n) is 34.5. The van der Waals surface area contributed by atoms with Crippen LogP contribution in [0.1, 0.15) is 323 Å². The lowest BCUT2D eigenvalue weighted by Crippen LogP contribution is -2.30. The fraction of sp³-hybridized carbons (Fsp3) is 0.697. The lowest BCUT2D eigenvalue weighted by atomic mass is 10.0. The van der Waals surface area contributed by atoms with Crippen molar-refractivity contribution in [3.05, 3.63) is 122 Å². The number of carbonyl (C=O) groups is 3.